The summed E-state index contributed by atoms with van der Waals surface area (Å²) < 4.78 is 6.42. The Morgan fingerprint density at radius 2 is 2.35 bits per heavy atom. The normalized spacial score (nSPS) is 10.8. The molecule has 0 bridgehead atoms. The van der Waals surface area contributed by atoms with Crippen LogP contribution in [0, 0.1) is 4.91 Å². The van der Waals surface area contributed by atoms with Crippen LogP contribution in [0.3, 0.4) is 0 Å². The average molecular weight is 307 g/mol. The number of imidazole rings is 1. The Labute approximate surface area is 121 Å². The third-order valence-corrected chi connectivity index (χ3v) is 4.37. The maximum absolute atomic E-state index is 11.9. The molecule has 3 aromatic rings. The van der Waals surface area contributed by atoms with E-state index in [9.17, 15) is 9.70 Å². The van der Waals surface area contributed by atoms with Gasteiger partial charge in [-0.05, 0) is 23.5 Å². The van der Waals surface area contributed by atoms with Crippen LogP contribution in [0.1, 0.15) is 17.4 Å². The van der Waals surface area contributed by atoms with Crippen LogP contribution >= 0.6 is 22.7 Å². The van der Waals surface area contributed by atoms with Gasteiger partial charge < -0.3 is 4.74 Å². The highest BCUT2D eigenvalue weighted by atomic mass is 32.1. The van der Waals surface area contributed by atoms with E-state index in [1.54, 1.807) is 12.3 Å². The quantitative estimate of drug-likeness (QED) is 0.544. The van der Waals surface area contributed by atoms with Crippen LogP contribution in [0.15, 0.2) is 28.1 Å². The summed E-state index contributed by atoms with van der Waals surface area (Å²) in [7, 11) is 0. The van der Waals surface area contributed by atoms with Gasteiger partial charge in [0.2, 0.25) is 5.82 Å². The molecule has 0 aliphatic carbocycles. The summed E-state index contributed by atoms with van der Waals surface area (Å²) in [5, 5.41) is 6.56. The fraction of sp³-hybridized carbons (Fsp3) is 0.167. The molecule has 0 fully saturated rings. The number of nitroso groups, excluding NO2 is 1. The van der Waals surface area contributed by atoms with E-state index in [4.69, 9.17) is 4.74 Å². The smallest absolute Gasteiger partial charge is 0.356 e. The second-order valence-electron chi connectivity index (χ2n) is 3.81. The predicted molar refractivity (Wildman–Crippen MR) is 77.8 cm³/mol. The largest absolute Gasteiger partial charge is 0.461 e. The van der Waals surface area contributed by atoms with Gasteiger partial charge in [0.25, 0.3) is 0 Å². The summed E-state index contributed by atoms with van der Waals surface area (Å²) in [5.41, 5.74) is 0.768. The zero-order chi connectivity index (χ0) is 14.1. The highest BCUT2D eigenvalue weighted by Gasteiger charge is 2.23. The van der Waals surface area contributed by atoms with Crippen LogP contribution in [0.2, 0.25) is 0 Å². The lowest BCUT2D eigenvalue weighted by Crippen LogP contribution is -2.07. The fourth-order valence-electron chi connectivity index (χ4n) is 1.86. The predicted octanol–water partition coefficient (Wildman–Crippen LogP) is 3.70. The van der Waals surface area contributed by atoms with Gasteiger partial charge in [-0.3, -0.25) is 4.40 Å². The number of thiophene rings is 1. The monoisotopic (exact) mass is 307 g/mol. The molecule has 6 nitrogen and oxygen atoms in total. The molecular formula is C12H9N3O3S2. The highest BCUT2D eigenvalue weighted by Crippen LogP contribution is 2.36. The SMILES string of the molecule is CCOC(=O)c1csc2nc(-c3cccs3)c(N=O)n12. The summed E-state index contributed by atoms with van der Waals surface area (Å²) in [6.07, 6.45) is 0. The van der Waals surface area contributed by atoms with Crippen molar-refractivity contribution in [3.05, 3.63) is 33.5 Å². The number of hydrogen-bond acceptors (Lipinski definition) is 7. The lowest BCUT2D eigenvalue weighted by Gasteiger charge is -2.00. The first-order valence-corrected chi connectivity index (χ1v) is 7.56. The molecule has 0 N–H and O–H groups in total. The molecule has 0 saturated heterocycles. The minimum atomic E-state index is -0.487. The number of nitrogens with zero attached hydrogens (tertiary/aromatic N) is 3. The average Bonchev–Trinajstić information content (AvgIpc) is 3.14. The van der Waals surface area contributed by atoms with Crippen molar-refractivity contribution in [3.8, 4) is 10.6 Å². The molecular weight excluding hydrogens is 298 g/mol. The first kappa shape index (κ1) is 12.9. The second kappa shape index (κ2) is 5.14. The first-order chi connectivity index (χ1) is 9.76. The Bertz CT molecular complexity index is 773. The summed E-state index contributed by atoms with van der Waals surface area (Å²) >= 11 is 2.73. The van der Waals surface area contributed by atoms with Gasteiger partial charge in [-0.15, -0.1) is 27.6 Å². The van der Waals surface area contributed by atoms with E-state index in [2.05, 4.69) is 10.2 Å². The summed E-state index contributed by atoms with van der Waals surface area (Å²) in [4.78, 5) is 28.8. The second-order valence-corrected chi connectivity index (χ2v) is 5.60. The number of fused-ring (bicyclic) bond motifs is 1. The molecule has 0 aliphatic heterocycles. The molecule has 0 unspecified atom stereocenters. The maximum atomic E-state index is 11.9. The zero-order valence-corrected chi connectivity index (χ0v) is 12.0. The van der Waals surface area contributed by atoms with Crippen LogP contribution in [0.5, 0.6) is 0 Å². The standard InChI is InChI=1S/C12H9N3O3S2/c1-2-18-11(16)7-6-20-12-13-9(8-4-3-5-19-8)10(14-17)15(7)12/h3-6H,2H2,1H3. The summed E-state index contributed by atoms with van der Waals surface area (Å²) in [6, 6.07) is 3.73. The zero-order valence-electron chi connectivity index (χ0n) is 10.4. The molecule has 0 amide bonds. The molecule has 3 rings (SSSR count). The summed E-state index contributed by atoms with van der Waals surface area (Å²) in [6.45, 7) is 2.00. The van der Waals surface area contributed by atoms with Gasteiger partial charge in [0.05, 0.1) is 11.5 Å². The molecule has 0 spiro atoms. The number of carbonyl (C=O) groups excluding carboxylic acids is 1. The lowest BCUT2D eigenvalue weighted by atomic mass is 10.3. The number of ether oxygens (including phenoxy) is 1. The molecule has 0 atom stereocenters. The Balaban J connectivity index is 2.22. The number of carbonyl (C=O) groups is 1. The van der Waals surface area contributed by atoms with Crippen molar-refractivity contribution in [1.29, 1.82) is 0 Å². The third-order valence-electron chi connectivity index (χ3n) is 2.66. The van der Waals surface area contributed by atoms with E-state index in [1.165, 1.54) is 27.1 Å². The van der Waals surface area contributed by atoms with E-state index >= 15 is 0 Å². The van der Waals surface area contributed by atoms with Gasteiger partial charge in [-0.2, -0.15) is 0 Å². The molecule has 0 radical (unpaired) electrons. The van der Waals surface area contributed by atoms with Gasteiger partial charge >= 0.3 is 5.97 Å². The van der Waals surface area contributed by atoms with Crippen LogP contribution < -0.4 is 0 Å². The molecule has 3 aromatic heterocycles. The maximum Gasteiger partial charge on any atom is 0.356 e. The Morgan fingerprint density at radius 1 is 1.50 bits per heavy atom. The Morgan fingerprint density at radius 3 is 3.00 bits per heavy atom. The Hall–Kier alpha value is -2.06. The number of aromatic nitrogens is 2. The molecule has 102 valence electrons. The van der Waals surface area contributed by atoms with Gasteiger partial charge in [0.15, 0.2) is 4.96 Å². The topological polar surface area (TPSA) is 73.0 Å². The number of esters is 1. The van der Waals surface area contributed by atoms with Crippen molar-refractivity contribution < 1.29 is 9.53 Å². The van der Waals surface area contributed by atoms with Gasteiger partial charge in [0, 0.05) is 5.38 Å². The van der Waals surface area contributed by atoms with Crippen molar-refractivity contribution in [2.75, 3.05) is 6.61 Å². The fourth-order valence-corrected chi connectivity index (χ4v) is 3.42. The third kappa shape index (κ3) is 1.93. The van der Waals surface area contributed by atoms with Crippen molar-refractivity contribution in [3.63, 3.8) is 0 Å². The number of hydrogen-bond donors (Lipinski definition) is 0. The highest BCUT2D eigenvalue weighted by molar-refractivity contribution is 7.15. The first-order valence-electron chi connectivity index (χ1n) is 5.80. The number of rotatable bonds is 4. The van der Waals surface area contributed by atoms with Crippen molar-refractivity contribution in [1.82, 2.24) is 9.38 Å². The van der Waals surface area contributed by atoms with Crippen molar-refractivity contribution in [2.45, 2.75) is 6.92 Å². The number of thiazole rings is 1. The molecule has 0 aliphatic rings. The van der Waals surface area contributed by atoms with Crippen molar-refractivity contribution in [2.24, 2.45) is 5.18 Å². The van der Waals surface area contributed by atoms with Crippen LogP contribution in [-0.2, 0) is 4.74 Å². The van der Waals surface area contributed by atoms with E-state index in [0.29, 0.717) is 10.7 Å². The van der Waals surface area contributed by atoms with Gasteiger partial charge in [-0.25, -0.2) is 9.78 Å². The molecule has 20 heavy (non-hydrogen) atoms. The van der Waals surface area contributed by atoms with E-state index in [0.717, 1.165) is 4.88 Å². The van der Waals surface area contributed by atoms with E-state index in [-0.39, 0.29) is 18.1 Å². The molecule has 0 aromatic carbocycles. The molecule has 3 heterocycles. The van der Waals surface area contributed by atoms with Crippen LogP contribution in [0.4, 0.5) is 5.82 Å². The van der Waals surface area contributed by atoms with Gasteiger partial charge in [-0.1, -0.05) is 6.07 Å². The Kier molecular flexibility index (Phi) is 3.33. The van der Waals surface area contributed by atoms with Crippen molar-refractivity contribution >= 4 is 39.4 Å². The molecule has 8 heteroatoms. The molecule has 0 saturated carbocycles. The van der Waals surface area contributed by atoms with E-state index in [1.807, 2.05) is 17.5 Å². The minimum absolute atomic E-state index is 0.131. The lowest BCUT2D eigenvalue weighted by molar-refractivity contribution is 0.0519. The summed E-state index contributed by atoms with van der Waals surface area (Å²) in [5.74, 6) is -0.356. The van der Waals surface area contributed by atoms with E-state index < -0.39 is 5.97 Å². The van der Waals surface area contributed by atoms with Gasteiger partial charge in [0.1, 0.15) is 11.4 Å². The van der Waals surface area contributed by atoms with Crippen LogP contribution in [0.25, 0.3) is 15.5 Å². The van der Waals surface area contributed by atoms with Crippen LogP contribution in [-0.4, -0.2) is 22.0 Å². The minimum Gasteiger partial charge on any atom is -0.461 e.